The summed E-state index contributed by atoms with van der Waals surface area (Å²) >= 11 is 1.58. The van der Waals surface area contributed by atoms with Crippen molar-refractivity contribution < 1.29 is 22.8 Å². The van der Waals surface area contributed by atoms with Crippen LogP contribution < -0.4 is 9.62 Å². The number of hydrogen-bond acceptors (Lipinski definition) is 6. The second-order valence-corrected chi connectivity index (χ2v) is 11.5. The molecule has 1 aliphatic carbocycles. The van der Waals surface area contributed by atoms with Gasteiger partial charge in [0.15, 0.2) is 5.78 Å². The summed E-state index contributed by atoms with van der Waals surface area (Å²) < 4.78 is 25.9. The van der Waals surface area contributed by atoms with Crippen molar-refractivity contribution >= 4 is 44.8 Å². The minimum Gasteiger partial charge on any atom is -0.319 e. The first-order valence-corrected chi connectivity index (χ1v) is 13.1. The molecule has 1 spiro atoms. The number of nitrogens with zero attached hydrogens (tertiary/aromatic N) is 2. The van der Waals surface area contributed by atoms with Gasteiger partial charge < -0.3 is 5.32 Å². The van der Waals surface area contributed by atoms with Crippen molar-refractivity contribution in [2.75, 3.05) is 23.1 Å². The predicted molar refractivity (Wildman–Crippen MR) is 120 cm³/mol. The monoisotopic (exact) mass is 473 g/mol. The molecule has 1 saturated heterocycles. The van der Waals surface area contributed by atoms with Crippen molar-refractivity contribution in [3.63, 3.8) is 0 Å². The van der Waals surface area contributed by atoms with Crippen LogP contribution in [0.2, 0.25) is 0 Å². The Morgan fingerprint density at radius 2 is 2.03 bits per heavy atom. The molecule has 1 atom stereocenters. The summed E-state index contributed by atoms with van der Waals surface area (Å²) in [4.78, 5) is 41.1. The Bertz CT molecular complexity index is 1250. The van der Waals surface area contributed by atoms with E-state index in [2.05, 4.69) is 5.32 Å². The first-order chi connectivity index (χ1) is 15.3. The zero-order chi connectivity index (χ0) is 22.7. The van der Waals surface area contributed by atoms with Crippen LogP contribution in [0.3, 0.4) is 0 Å². The van der Waals surface area contributed by atoms with Crippen molar-refractivity contribution in [3.05, 3.63) is 51.2 Å². The maximum absolute atomic E-state index is 13.3. The number of imide groups is 1. The van der Waals surface area contributed by atoms with Gasteiger partial charge in [-0.3, -0.25) is 18.8 Å². The number of nitrogens with one attached hydrogen (secondary N) is 1. The van der Waals surface area contributed by atoms with Crippen LogP contribution >= 0.6 is 11.3 Å². The number of thiophene rings is 1. The molecule has 1 fully saturated rings. The Morgan fingerprint density at radius 3 is 2.81 bits per heavy atom. The van der Waals surface area contributed by atoms with E-state index in [-0.39, 0.29) is 24.0 Å². The summed E-state index contributed by atoms with van der Waals surface area (Å²) in [5, 5.41) is 4.79. The smallest absolute Gasteiger partial charge is 0.319 e. The van der Waals surface area contributed by atoms with Crippen LogP contribution in [0.5, 0.6) is 0 Å². The zero-order valence-electron chi connectivity index (χ0n) is 17.6. The fraction of sp³-hybridized carbons (Fsp3) is 0.409. The second-order valence-electron chi connectivity index (χ2n) is 8.33. The highest BCUT2D eigenvalue weighted by Gasteiger charge is 2.54. The Labute approximate surface area is 190 Å². The van der Waals surface area contributed by atoms with Crippen molar-refractivity contribution in [3.8, 4) is 0 Å². The third-order valence-corrected chi connectivity index (χ3v) is 9.35. The van der Waals surface area contributed by atoms with E-state index in [0.29, 0.717) is 30.6 Å². The lowest BCUT2D eigenvalue weighted by molar-refractivity contribution is -0.131. The molecule has 3 heterocycles. The van der Waals surface area contributed by atoms with Gasteiger partial charge in [0, 0.05) is 22.5 Å². The molecule has 2 aliphatic heterocycles. The molecule has 168 valence electrons. The number of carbonyl (C=O) groups is 3. The summed E-state index contributed by atoms with van der Waals surface area (Å²) in [7, 11) is -3.37. The average Bonchev–Trinajstić information content (AvgIpc) is 3.48. The molecule has 3 amide bonds. The normalized spacial score (nSPS) is 22.3. The van der Waals surface area contributed by atoms with Gasteiger partial charge in [0.25, 0.3) is 5.91 Å². The van der Waals surface area contributed by atoms with Crippen LogP contribution in [0, 0.1) is 0 Å². The number of carbonyl (C=O) groups excluding carboxylic acids is 3. The molecule has 2 aromatic rings. The number of aryl methyl sites for hydroxylation is 1. The first kappa shape index (κ1) is 21.1. The lowest BCUT2D eigenvalue weighted by atomic mass is 9.80. The predicted octanol–water partition coefficient (Wildman–Crippen LogP) is 2.43. The van der Waals surface area contributed by atoms with E-state index in [4.69, 9.17) is 0 Å². The highest BCUT2D eigenvalue weighted by atomic mass is 32.2. The second kappa shape index (κ2) is 7.41. The molecular formula is C22H23N3O5S2. The minimum atomic E-state index is -3.37. The van der Waals surface area contributed by atoms with Crippen LogP contribution in [0.25, 0.3) is 0 Å². The highest BCUT2D eigenvalue weighted by molar-refractivity contribution is 7.92. The number of ketones is 1. The SMILES string of the molecule is CCS(=O)(=O)N1CCc2cc(C(=O)CN3C(=O)N[C@]4(CCCc5sccc54)C3=O)ccc21. The molecule has 1 aromatic heterocycles. The van der Waals surface area contributed by atoms with Gasteiger partial charge in [0.1, 0.15) is 5.54 Å². The zero-order valence-corrected chi connectivity index (χ0v) is 19.2. The highest BCUT2D eigenvalue weighted by Crippen LogP contribution is 2.42. The molecule has 3 aliphatic rings. The van der Waals surface area contributed by atoms with E-state index in [9.17, 15) is 22.8 Å². The maximum Gasteiger partial charge on any atom is 0.325 e. The van der Waals surface area contributed by atoms with Crippen LogP contribution in [0.1, 0.15) is 46.1 Å². The fourth-order valence-corrected chi connectivity index (χ4v) is 7.07. The number of rotatable bonds is 5. The number of anilines is 1. The number of hydrogen-bond donors (Lipinski definition) is 1. The van der Waals surface area contributed by atoms with E-state index in [1.54, 1.807) is 36.5 Å². The Kier molecular flexibility index (Phi) is 4.90. The van der Waals surface area contributed by atoms with Crippen molar-refractivity contribution in [2.24, 2.45) is 0 Å². The number of fused-ring (bicyclic) bond motifs is 3. The molecule has 1 N–H and O–H groups in total. The molecule has 8 nitrogen and oxygen atoms in total. The molecule has 0 saturated carbocycles. The van der Waals surface area contributed by atoms with E-state index >= 15 is 0 Å². The fourth-order valence-electron chi connectivity index (χ4n) is 4.91. The first-order valence-electron chi connectivity index (χ1n) is 10.6. The summed E-state index contributed by atoms with van der Waals surface area (Å²) in [6.45, 7) is 1.60. The molecule has 32 heavy (non-hydrogen) atoms. The third kappa shape index (κ3) is 3.07. The topological polar surface area (TPSA) is 104 Å². The van der Waals surface area contributed by atoms with Crippen LogP contribution in [-0.4, -0.2) is 49.9 Å². The molecule has 0 unspecified atom stereocenters. The van der Waals surface area contributed by atoms with Crippen molar-refractivity contribution in [1.29, 1.82) is 0 Å². The minimum absolute atomic E-state index is 0.00684. The molecule has 0 bridgehead atoms. The lowest BCUT2D eigenvalue weighted by Gasteiger charge is -2.31. The van der Waals surface area contributed by atoms with Gasteiger partial charge in [-0.1, -0.05) is 0 Å². The number of benzene rings is 1. The van der Waals surface area contributed by atoms with Gasteiger partial charge in [0.05, 0.1) is 18.0 Å². The van der Waals surface area contributed by atoms with E-state index < -0.39 is 21.6 Å². The Hall–Kier alpha value is -2.72. The average molecular weight is 474 g/mol. The van der Waals surface area contributed by atoms with Crippen molar-refractivity contribution in [2.45, 2.75) is 38.1 Å². The number of urea groups is 1. The summed E-state index contributed by atoms with van der Waals surface area (Å²) in [6.07, 6.45) is 2.72. The summed E-state index contributed by atoms with van der Waals surface area (Å²) in [5.41, 5.74) is 1.50. The van der Waals surface area contributed by atoms with Crippen LogP contribution in [-0.2, 0) is 33.2 Å². The Morgan fingerprint density at radius 1 is 1.22 bits per heavy atom. The molecule has 0 radical (unpaired) electrons. The summed E-state index contributed by atoms with van der Waals surface area (Å²) in [6, 6.07) is 6.21. The van der Waals surface area contributed by atoms with E-state index in [1.165, 1.54) is 4.31 Å². The molecular weight excluding hydrogens is 450 g/mol. The lowest BCUT2D eigenvalue weighted by Crippen LogP contribution is -2.46. The van der Waals surface area contributed by atoms with Gasteiger partial charge >= 0.3 is 6.03 Å². The molecule has 1 aromatic carbocycles. The van der Waals surface area contributed by atoms with Gasteiger partial charge in [-0.2, -0.15) is 0 Å². The van der Waals surface area contributed by atoms with Gasteiger partial charge in [-0.25, -0.2) is 13.2 Å². The molecule has 10 heteroatoms. The van der Waals surface area contributed by atoms with Crippen LogP contribution in [0.4, 0.5) is 10.5 Å². The molecule has 5 rings (SSSR count). The third-order valence-electron chi connectivity index (χ3n) is 6.59. The van der Waals surface area contributed by atoms with Gasteiger partial charge in [0.2, 0.25) is 10.0 Å². The van der Waals surface area contributed by atoms with Crippen molar-refractivity contribution in [1.82, 2.24) is 10.2 Å². The van der Waals surface area contributed by atoms with Crippen LogP contribution in [0.15, 0.2) is 29.6 Å². The summed E-state index contributed by atoms with van der Waals surface area (Å²) in [5.74, 6) is -0.726. The van der Waals surface area contributed by atoms with Gasteiger partial charge in [-0.05, 0) is 67.8 Å². The Balaban J connectivity index is 1.38. The number of amides is 3. The quantitative estimate of drug-likeness (QED) is 0.531. The number of sulfonamides is 1. The van der Waals surface area contributed by atoms with Gasteiger partial charge in [-0.15, -0.1) is 11.3 Å². The maximum atomic E-state index is 13.3. The van der Waals surface area contributed by atoms with E-state index in [1.807, 2.05) is 11.4 Å². The largest absolute Gasteiger partial charge is 0.325 e. The standard InChI is InChI=1S/C22H23N3O5S2/c1-2-32(29,30)25-10-7-14-12-15(5-6-17(14)25)18(26)13-24-20(27)22(23-21(24)28)9-3-4-19-16(22)8-11-31-19/h5-6,8,11-12H,2-4,7,9-10,13H2,1H3,(H,23,28)/t22-/m0/s1. The van der Waals surface area contributed by atoms with E-state index in [0.717, 1.165) is 33.7 Å². The number of Topliss-reactive ketones (excluding diaryl/α,β-unsaturated/α-hetero) is 1.